The van der Waals surface area contributed by atoms with Gasteiger partial charge in [0.25, 0.3) is 0 Å². The molecule has 0 spiro atoms. The van der Waals surface area contributed by atoms with Gasteiger partial charge in [-0.2, -0.15) is 0 Å². The van der Waals surface area contributed by atoms with E-state index in [-0.39, 0.29) is 0 Å². The van der Waals surface area contributed by atoms with E-state index in [0.29, 0.717) is 0 Å². The van der Waals surface area contributed by atoms with E-state index >= 15 is 0 Å². The van der Waals surface area contributed by atoms with Crippen molar-refractivity contribution in [1.29, 1.82) is 0 Å². The Hall–Kier alpha value is -1.77. The number of anilines is 1. The van der Waals surface area contributed by atoms with Crippen LogP contribution in [0.5, 0.6) is 5.75 Å². The number of hydrogen-bond acceptors (Lipinski definition) is 3. The molecule has 1 aromatic carbocycles. The SMILES string of the molecule is CCCc1cc(N)c2cc(OC)cc(C)c2n1. The third kappa shape index (κ3) is 2.18. The first-order valence-corrected chi connectivity index (χ1v) is 5.89. The van der Waals surface area contributed by atoms with E-state index in [1.165, 1.54) is 0 Å². The van der Waals surface area contributed by atoms with Crippen molar-refractivity contribution in [3.05, 3.63) is 29.5 Å². The number of nitrogens with two attached hydrogens (primary N) is 1. The number of aromatic nitrogens is 1. The first kappa shape index (κ1) is 11.7. The molecule has 0 bridgehead atoms. The lowest BCUT2D eigenvalue weighted by Gasteiger charge is -2.10. The number of ether oxygens (including phenoxy) is 1. The second-order valence-electron chi connectivity index (χ2n) is 4.29. The van der Waals surface area contributed by atoms with Crippen molar-refractivity contribution in [2.45, 2.75) is 26.7 Å². The van der Waals surface area contributed by atoms with Gasteiger partial charge in [-0.25, -0.2) is 0 Å². The molecule has 90 valence electrons. The highest BCUT2D eigenvalue weighted by molar-refractivity contribution is 5.93. The van der Waals surface area contributed by atoms with Gasteiger partial charge in [0.1, 0.15) is 5.75 Å². The summed E-state index contributed by atoms with van der Waals surface area (Å²) in [6.07, 6.45) is 2.04. The van der Waals surface area contributed by atoms with Crippen molar-refractivity contribution in [2.24, 2.45) is 0 Å². The van der Waals surface area contributed by atoms with E-state index in [1.807, 2.05) is 25.1 Å². The van der Waals surface area contributed by atoms with Crippen LogP contribution in [0.25, 0.3) is 10.9 Å². The van der Waals surface area contributed by atoms with Gasteiger partial charge in [-0.05, 0) is 37.1 Å². The van der Waals surface area contributed by atoms with Crippen LogP contribution < -0.4 is 10.5 Å². The molecule has 1 aromatic heterocycles. The van der Waals surface area contributed by atoms with Crippen LogP contribution in [-0.2, 0) is 6.42 Å². The number of methoxy groups -OCH3 is 1. The Morgan fingerprint density at radius 3 is 2.71 bits per heavy atom. The predicted octanol–water partition coefficient (Wildman–Crippen LogP) is 3.09. The van der Waals surface area contributed by atoms with E-state index in [9.17, 15) is 0 Å². The summed E-state index contributed by atoms with van der Waals surface area (Å²) >= 11 is 0. The number of rotatable bonds is 3. The molecular weight excluding hydrogens is 212 g/mol. The molecule has 0 atom stereocenters. The van der Waals surface area contributed by atoms with Crippen molar-refractivity contribution in [3.8, 4) is 5.75 Å². The highest BCUT2D eigenvalue weighted by atomic mass is 16.5. The van der Waals surface area contributed by atoms with Gasteiger partial charge in [0.05, 0.1) is 12.6 Å². The van der Waals surface area contributed by atoms with E-state index in [0.717, 1.165) is 46.4 Å². The van der Waals surface area contributed by atoms with Crippen molar-refractivity contribution in [1.82, 2.24) is 4.98 Å². The zero-order valence-electron chi connectivity index (χ0n) is 10.6. The molecule has 0 saturated carbocycles. The Balaban J connectivity index is 2.67. The smallest absolute Gasteiger partial charge is 0.119 e. The molecule has 0 aliphatic carbocycles. The summed E-state index contributed by atoms with van der Waals surface area (Å²) in [5, 5.41) is 0.974. The van der Waals surface area contributed by atoms with Crippen molar-refractivity contribution >= 4 is 16.6 Å². The van der Waals surface area contributed by atoms with E-state index < -0.39 is 0 Å². The molecule has 0 aliphatic heterocycles. The third-order valence-electron chi connectivity index (χ3n) is 2.90. The van der Waals surface area contributed by atoms with Gasteiger partial charge < -0.3 is 10.5 Å². The number of aryl methyl sites for hydroxylation is 2. The van der Waals surface area contributed by atoms with Gasteiger partial charge >= 0.3 is 0 Å². The number of nitrogens with zero attached hydrogens (tertiary/aromatic N) is 1. The van der Waals surface area contributed by atoms with Crippen LogP contribution in [-0.4, -0.2) is 12.1 Å². The molecule has 0 fully saturated rings. The highest BCUT2D eigenvalue weighted by Gasteiger charge is 2.07. The van der Waals surface area contributed by atoms with Gasteiger partial charge in [-0.1, -0.05) is 13.3 Å². The first-order chi connectivity index (χ1) is 8.15. The van der Waals surface area contributed by atoms with Crippen molar-refractivity contribution in [2.75, 3.05) is 12.8 Å². The largest absolute Gasteiger partial charge is 0.497 e. The molecule has 2 N–H and O–H groups in total. The Bertz CT molecular complexity index is 549. The van der Waals surface area contributed by atoms with Crippen molar-refractivity contribution in [3.63, 3.8) is 0 Å². The fourth-order valence-corrected chi connectivity index (χ4v) is 2.05. The quantitative estimate of drug-likeness (QED) is 0.881. The normalized spacial score (nSPS) is 10.8. The van der Waals surface area contributed by atoms with Crippen LogP contribution in [0.2, 0.25) is 0 Å². The second kappa shape index (κ2) is 4.62. The molecule has 1 heterocycles. The topological polar surface area (TPSA) is 48.1 Å². The Morgan fingerprint density at radius 1 is 1.29 bits per heavy atom. The maximum atomic E-state index is 6.08. The summed E-state index contributed by atoms with van der Waals surface area (Å²) in [7, 11) is 1.66. The Labute approximate surface area is 102 Å². The van der Waals surface area contributed by atoms with Crippen LogP contribution in [0.15, 0.2) is 18.2 Å². The number of fused-ring (bicyclic) bond motifs is 1. The van der Waals surface area contributed by atoms with Gasteiger partial charge in [0, 0.05) is 16.8 Å². The fraction of sp³-hybridized carbons (Fsp3) is 0.357. The number of benzene rings is 1. The van der Waals surface area contributed by atoms with Gasteiger partial charge in [-0.3, -0.25) is 4.98 Å². The van der Waals surface area contributed by atoms with Gasteiger partial charge in [0.2, 0.25) is 0 Å². The van der Waals surface area contributed by atoms with Crippen molar-refractivity contribution < 1.29 is 4.74 Å². The summed E-state index contributed by atoms with van der Waals surface area (Å²) in [4.78, 5) is 4.67. The summed E-state index contributed by atoms with van der Waals surface area (Å²) in [5.74, 6) is 0.826. The lowest BCUT2D eigenvalue weighted by molar-refractivity contribution is 0.415. The van der Waals surface area contributed by atoms with Gasteiger partial charge in [0.15, 0.2) is 0 Å². The van der Waals surface area contributed by atoms with E-state index in [4.69, 9.17) is 10.5 Å². The van der Waals surface area contributed by atoms with Gasteiger partial charge in [-0.15, -0.1) is 0 Å². The third-order valence-corrected chi connectivity index (χ3v) is 2.90. The maximum Gasteiger partial charge on any atom is 0.119 e. The van der Waals surface area contributed by atoms with Crippen LogP contribution >= 0.6 is 0 Å². The molecule has 3 nitrogen and oxygen atoms in total. The zero-order valence-corrected chi connectivity index (χ0v) is 10.6. The maximum absolute atomic E-state index is 6.08. The number of hydrogen-bond donors (Lipinski definition) is 1. The molecule has 2 aromatic rings. The standard InChI is InChI=1S/C14H18N2O/c1-4-5-10-7-13(15)12-8-11(17-3)6-9(2)14(12)16-10/h6-8H,4-5H2,1-3H3,(H2,15,16). The van der Waals surface area contributed by atoms with Crippen LogP contribution in [0.4, 0.5) is 5.69 Å². The summed E-state index contributed by atoms with van der Waals surface area (Å²) < 4.78 is 5.25. The summed E-state index contributed by atoms with van der Waals surface area (Å²) in [6, 6.07) is 5.90. The second-order valence-corrected chi connectivity index (χ2v) is 4.29. The molecule has 0 radical (unpaired) electrons. The molecule has 17 heavy (non-hydrogen) atoms. The minimum absolute atomic E-state index is 0.778. The molecular formula is C14H18N2O. The minimum atomic E-state index is 0.778. The molecule has 0 unspecified atom stereocenters. The molecule has 0 amide bonds. The molecule has 3 heteroatoms. The fourth-order valence-electron chi connectivity index (χ4n) is 2.05. The lowest BCUT2D eigenvalue weighted by atomic mass is 10.1. The van der Waals surface area contributed by atoms with Crippen LogP contribution in [0.3, 0.4) is 0 Å². The first-order valence-electron chi connectivity index (χ1n) is 5.89. The monoisotopic (exact) mass is 230 g/mol. The summed E-state index contributed by atoms with van der Waals surface area (Å²) in [6.45, 7) is 4.18. The zero-order chi connectivity index (χ0) is 12.4. The lowest BCUT2D eigenvalue weighted by Crippen LogP contribution is -1.98. The van der Waals surface area contributed by atoms with E-state index in [1.54, 1.807) is 7.11 Å². The Morgan fingerprint density at radius 2 is 2.06 bits per heavy atom. The van der Waals surface area contributed by atoms with Crippen LogP contribution in [0, 0.1) is 6.92 Å². The molecule has 2 rings (SSSR count). The Kier molecular flexibility index (Phi) is 3.18. The molecule has 0 aliphatic rings. The number of pyridine rings is 1. The average molecular weight is 230 g/mol. The van der Waals surface area contributed by atoms with E-state index in [2.05, 4.69) is 11.9 Å². The summed E-state index contributed by atoms with van der Waals surface area (Å²) in [5.41, 5.74) is 10.0. The van der Waals surface area contributed by atoms with Crippen LogP contribution in [0.1, 0.15) is 24.6 Å². The molecule has 0 saturated heterocycles. The highest BCUT2D eigenvalue weighted by Crippen LogP contribution is 2.28. The minimum Gasteiger partial charge on any atom is -0.497 e. The average Bonchev–Trinajstić information content (AvgIpc) is 2.30. The predicted molar refractivity (Wildman–Crippen MR) is 71.4 cm³/mol. The number of nitrogen functional groups attached to an aromatic ring is 1.